The predicted molar refractivity (Wildman–Crippen MR) is 88.6 cm³/mol. The van der Waals surface area contributed by atoms with E-state index in [-0.39, 0.29) is 12.4 Å². The maximum Gasteiger partial charge on any atom is 0.406 e. The summed E-state index contributed by atoms with van der Waals surface area (Å²) >= 11 is 0. The number of urea groups is 1. The number of nitrogens with zero attached hydrogens (tertiary/aromatic N) is 3. The van der Waals surface area contributed by atoms with Gasteiger partial charge in [-0.1, -0.05) is 24.3 Å². The minimum Gasteiger partial charge on any atom is -0.324 e. The molecule has 1 fully saturated rings. The van der Waals surface area contributed by atoms with Gasteiger partial charge in [0.25, 0.3) is 5.91 Å². The number of aromatic nitrogens is 2. The van der Waals surface area contributed by atoms with Crippen LogP contribution in [0.5, 0.6) is 0 Å². The van der Waals surface area contributed by atoms with Crippen molar-refractivity contribution in [2.24, 2.45) is 0 Å². The molecular weight excluding hydrogens is 361 g/mol. The van der Waals surface area contributed by atoms with Crippen LogP contribution in [-0.4, -0.2) is 38.1 Å². The fourth-order valence-corrected chi connectivity index (χ4v) is 3.81. The van der Waals surface area contributed by atoms with Gasteiger partial charge in [-0.3, -0.25) is 9.69 Å². The Balaban J connectivity index is 1.56. The second-order valence-corrected chi connectivity index (χ2v) is 6.94. The molecule has 1 aliphatic heterocycles. The summed E-state index contributed by atoms with van der Waals surface area (Å²) in [6.07, 6.45) is -0.511. The van der Waals surface area contributed by atoms with Gasteiger partial charge in [-0.25, -0.2) is 9.78 Å². The number of benzene rings is 1. The van der Waals surface area contributed by atoms with Crippen molar-refractivity contribution < 1.29 is 22.8 Å². The van der Waals surface area contributed by atoms with E-state index in [2.05, 4.69) is 10.3 Å². The van der Waals surface area contributed by atoms with E-state index in [9.17, 15) is 22.8 Å². The number of hydrogen-bond donors (Lipinski definition) is 1. The van der Waals surface area contributed by atoms with Crippen molar-refractivity contribution >= 4 is 11.9 Å². The van der Waals surface area contributed by atoms with Crippen molar-refractivity contribution in [3.05, 3.63) is 53.6 Å². The normalized spacial score (nSPS) is 22.3. The molecule has 1 spiro atoms. The third-order valence-electron chi connectivity index (χ3n) is 5.13. The minimum atomic E-state index is -4.42. The number of halogens is 3. The van der Waals surface area contributed by atoms with E-state index < -0.39 is 30.2 Å². The van der Waals surface area contributed by atoms with Gasteiger partial charge in [-0.15, -0.1) is 0 Å². The molecule has 2 heterocycles. The zero-order valence-corrected chi connectivity index (χ0v) is 14.3. The molecule has 1 aromatic carbocycles. The predicted octanol–water partition coefficient (Wildman–Crippen LogP) is 2.42. The quantitative estimate of drug-likeness (QED) is 0.835. The summed E-state index contributed by atoms with van der Waals surface area (Å²) < 4.78 is 39.0. The van der Waals surface area contributed by atoms with Gasteiger partial charge in [0, 0.05) is 18.8 Å². The highest BCUT2D eigenvalue weighted by atomic mass is 19.4. The molecule has 4 rings (SSSR count). The second-order valence-electron chi connectivity index (χ2n) is 6.94. The summed E-state index contributed by atoms with van der Waals surface area (Å²) in [4.78, 5) is 30.3. The van der Waals surface area contributed by atoms with E-state index in [0.717, 1.165) is 20.6 Å². The van der Waals surface area contributed by atoms with Gasteiger partial charge in [-0.2, -0.15) is 13.2 Å². The van der Waals surface area contributed by atoms with E-state index in [4.69, 9.17) is 0 Å². The van der Waals surface area contributed by atoms with E-state index in [0.29, 0.717) is 19.3 Å². The maximum absolute atomic E-state index is 13.0. The standard InChI is InChI=1S/C18H17F3N4O2/c19-18(20,21)11-24-8-7-22-14(24)10-25-15(26)17(23-16(25)27)6-5-12-3-1-2-4-13(12)9-17/h1-4,7-8H,5-6,9-11H2,(H,23,27). The maximum atomic E-state index is 13.0. The fourth-order valence-electron chi connectivity index (χ4n) is 3.81. The van der Waals surface area contributed by atoms with Crippen LogP contribution in [0.4, 0.5) is 18.0 Å². The number of hydrogen-bond acceptors (Lipinski definition) is 3. The molecule has 0 saturated carbocycles. The number of amides is 3. The number of aryl methyl sites for hydroxylation is 1. The van der Waals surface area contributed by atoms with Crippen LogP contribution in [0, 0.1) is 0 Å². The van der Waals surface area contributed by atoms with Crippen LogP contribution in [0.25, 0.3) is 0 Å². The number of rotatable bonds is 3. The van der Waals surface area contributed by atoms with Crippen LogP contribution in [0.2, 0.25) is 0 Å². The number of imidazole rings is 1. The first-order valence-electron chi connectivity index (χ1n) is 8.55. The van der Waals surface area contributed by atoms with Crippen LogP contribution < -0.4 is 5.32 Å². The molecule has 2 aromatic rings. The molecule has 6 nitrogen and oxygen atoms in total. The first-order chi connectivity index (χ1) is 12.8. The van der Waals surface area contributed by atoms with Gasteiger partial charge in [0.05, 0.1) is 6.54 Å². The third-order valence-corrected chi connectivity index (χ3v) is 5.13. The number of carbonyl (C=O) groups is 2. The number of nitrogens with one attached hydrogen (secondary N) is 1. The third kappa shape index (κ3) is 3.17. The molecule has 1 N–H and O–H groups in total. The first-order valence-corrected chi connectivity index (χ1v) is 8.55. The minimum absolute atomic E-state index is 0.0177. The highest BCUT2D eigenvalue weighted by molar-refractivity contribution is 6.07. The Labute approximate surface area is 153 Å². The van der Waals surface area contributed by atoms with E-state index in [1.54, 1.807) is 0 Å². The van der Waals surface area contributed by atoms with Gasteiger partial charge < -0.3 is 9.88 Å². The highest BCUT2D eigenvalue weighted by Crippen LogP contribution is 2.34. The van der Waals surface area contributed by atoms with Gasteiger partial charge in [-0.05, 0) is 24.0 Å². The van der Waals surface area contributed by atoms with Crippen LogP contribution in [0.3, 0.4) is 0 Å². The molecule has 1 aliphatic carbocycles. The Bertz CT molecular complexity index is 908. The van der Waals surface area contributed by atoms with Gasteiger partial charge in [0.1, 0.15) is 17.9 Å². The van der Waals surface area contributed by atoms with Gasteiger partial charge in [0.2, 0.25) is 0 Å². The first kappa shape index (κ1) is 17.6. The smallest absolute Gasteiger partial charge is 0.324 e. The molecule has 1 aromatic heterocycles. The molecule has 0 radical (unpaired) electrons. The lowest BCUT2D eigenvalue weighted by Crippen LogP contribution is -2.51. The molecular formula is C18H17F3N4O2. The summed E-state index contributed by atoms with van der Waals surface area (Å²) in [5.41, 5.74) is 1.11. The lowest BCUT2D eigenvalue weighted by molar-refractivity contribution is -0.141. The van der Waals surface area contributed by atoms with Crippen LogP contribution >= 0.6 is 0 Å². The highest BCUT2D eigenvalue weighted by Gasteiger charge is 2.52. The van der Waals surface area contributed by atoms with Crippen LogP contribution in [0.1, 0.15) is 23.4 Å². The lowest BCUT2D eigenvalue weighted by atomic mass is 9.78. The van der Waals surface area contributed by atoms with Crippen LogP contribution in [0.15, 0.2) is 36.7 Å². The van der Waals surface area contributed by atoms with Crippen molar-refractivity contribution in [1.29, 1.82) is 0 Å². The molecule has 0 bridgehead atoms. The number of carbonyl (C=O) groups excluding carboxylic acids is 2. The second kappa shape index (κ2) is 6.11. The van der Waals surface area contributed by atoms with Crippen molar-refractivity contribution in [2.45, 2.75) is 44.1 Å². The number of fused-ring (bicyclic) bond motifs is 1. The van der Waals surface area contributed by atoms with E-state index >= 15 is 0 Å². The Kier molecular flexibility index (Phi) is 3.97. The summed E-state index contributed by atoms with van der Waals surface area (Å²) in [6, 6.07) is 7.13. The topological polar surface area (TPSA) is 67.2 Å². The number of alkyl halides is 3. The summed E-state index contributed by atoms with van der Waals surface area (Å²) in [5, 5.41) is 2.77. The van der Waals surface area contributed by atoms with E-state index in [1.807, 2.05) is 24.3 Å². The average Bonchev–Trinajstić information content (AvgIpc) is 3.11. The van der Waals surface area contributed by atoms with Crippen molar-refractivity contribution in [3.8, 4) is 0 Å². The lowest BCUT2D eigenvalue weighted by Gasteiger charge is -2.32. The SMILES string of the molecule is O=C1NC2(CCc3ccccc3C2)C(=O)N1Cc1nccn1CC(F)(F)F. The molecule has 1 unspecified atom stereocenters. The fraction of sp³-hybridized carbons (Fsp3) is 0.389. The largest absolute Gasteiger partial charge is 0.406 e. The summed E-state index contributed by atoms with van der Waals surface area (Å²) in [5.74, 6) is -0.396. The summed E-state index contributed by atoms with van der Waals surface area (Å²) in [7, 11) is 0. The zero-order valence-electron chi connectivity index (χ0n) is 14.3. The van der Waals surface area contributed by atoms with Crippen molar-refractivity contribution in [1.82, 2.24) is 19.8 Å². The molecule has 2 aliphatic rings. The molecule has 142 valence electrons. The Morgan fingerprint density at radius 3 is 2.67 bits per heavy atom. The Morgan fingerprint density at radius 1 is 1.19 bits per heavy atom. The van der Waals surface area contributed by atoms with Gasteiger partial charge in [0.15, 0.2) is 0 Å². The number of imide groups is 1. The van der Waals surface area contributed by atoms with Crippen molar-refractivity contribution in [3.63, 3.8) is 0 Å². The molecule has 1 atom stereocenters. The Hall–Kier alpha value is -2.84. The molecule has 3 amide bonds. The molecule has 1 saturated heterocycles. The monoisotopic (exact) mass is 378 g/mol. The molecule has 27 heavy (non-hydrogen) atoms. The van der Waals surface area contributed by atoms with Gasteiger partial charge >= 0.3 is 12.2 Å². The van der Waals surface area contributed by atoms with E-state index in [1.165, 1.54) is 12.4 Å². The zero-order chi connectivity index (χ0) is 19.2. The Morgan fingerprint density at radius 2 is 1.93 bits per heavy atom. The average molecular weight is 378 g/mol. The summed E-state index contributed by atoms with van der Waals surface area (Å²) in [6.45, 7) is -1.51. The molecule has 9 heteroatoms. The van der Waals surface area contributed by atoms with Crippen molar-refractivity contribution in [2.75, 3.05) is 0 Å². The van der Waals surface area contributed by atoms with Crippen LogP contribution in [-0.2, 0) is 30.7 Å².